The first-order chi connectivity index (χ1) is 6.27. The fourth-order valence-electron chi connectivity index (χ4n) is 1.09. The Kier molecular flexibility index (Phi) is 3.97. The summed E-state index contributed by atoms with van der Waals surface area (Å²) in [6, 6.07) is 7.96. The van der Waals surface area contributed by atoms with E-state index in [0.717, 1.165) is 10.0 Å². The fraction of sp³-hybridized carbons (Fsp3) is 0.200. The third kappa shape index (κ3) is 2.85. The molecule has 0 radical (unpaired) electrons. The van der Waals surface area contributed by atoms with Gasteiger partial charge in [-0.15, -0.1) is 12.3 Å². The molecule has 13 heavy (non-hydrogen) atoms. The first-order valence-corrected chi connectivity index (χ1v) is 4.72. The Bertz CT molecular complexity index is 300. The van der Waals surface area contributed by atoms with Gasteiger partial charge in [0.2, 0.25) is 0 Å². The summed E-state index contributed by atoms with van der Waals surface area (Å²) in [7, 11) is 0. The summed E-state index contributed by atoms with van der Waals surface area (Å²) >= 11 is 3.36. The summed E-state index contributed by atoms with van der Waals surface area (Å²) in [5, 5.41) is 0. The van der Waals surface area contributed by atoms with Gasteiger partial charge >= 0.3 is 0 Å². The maximum absolute atomic E-state index is 5.37. The lowest BCUT2D eigenvalue weighted by molar-refractivity contribution is 0.568. The lowest BCUT2D eigenvalue weighted by atomic mass is 10.1. The van der Waals surface area contributed by atoms with E-state index in [0.29, 0.717) is 6.42 Å². The van der Waals surface area contributed by atoms with Crippen LogP contribution in [0.15, 0.2) is 28.7 Å². The van der Waals surface area contributed by atoms with Gasteiger partial charge in [-0.1, -0.05) is 28.1 Å². The molecule has 0 aliphatic rings. The van der Waals surface area contributed by atoms with Gasteiger partial charge < -0.3 is 0 Å². The van der Waals surface area contributed by atoms with Gasteiger partial charge in [-0.05, 0) is 17.7 Å². The molecule has 0 aliphatic heterocycles. The van der Waals surface area contributed by atoms with Gasteiger partial charge in [-0.3, -0.25) is 11.3 Å². The lowest BCUT2D eigenvalue weighted by Crippen LogP contribution is -2.27. The number of terminal acetylenes is 1. The van der Waals surface area contributed by atoms with Gasteiger partial charge in [-0.2, -0.15) is 0 Å². The van der Waals surface area contributed by atoms with Crippen molar-refractivity contribution in [2.24, 2.45) is 5.84 Å². The number of halogens is 1. The van der Waals surface area contributed by atoms with E-state index in [1.807, 2.05) is 24.3 Å². The molecule has 3 N–H and O–H groups in total. The highest BCUT2D eigenvalue weighted by atomic mass is 79.9. The van der Waals surface area contributed by atoms with Crippen LogP contribution < -0.4 is 11.3 Å². The van der Waals surface area contributed by atoms with E-state index in [1.54, 1.807) is 0 Å². The minimum Gasteiger partial charge on any atom is -0.271 e. The number of nitrogens with two attached hydrogens (primary N) is 1. The molecule has 0 aliphatic carbocycles. The molecule has 1 atom stereocenters. The van der Waals surface area contributed by atoms with Crippen molar-refractivity contribution in [2.75, 3.05) is 0 Å². The van der Waals surface area contributed by atoms with Crippen LogP contribution in [0.2, 0.25) is 0 Å². The van der Waals surface area contributed by atoms with Crippen LogP contribution in [-0.2, 0) is 0 Å². The van der Waals surface area contributed by atoms with Crippen molar-refractivity contribution in [1.29, 1.82) is 0 Å². The zero-order valence-electron chi connectivity index (χ0n) is 7.13. The first kappa shape index (κ1) is 10.3. The van der Waals surface area contributed by atoms with Crippen LogP contribution >= 0.6 is 15.9 Å². The molecule has 68 valence electrons. The average molecular weight is 239 g/mol. The van der Waals surface area contributed by atoms with Gasteiger partial charge in [0.05, 0.1) is 6.04 Å². The van der Waals surface area contributed by atoms with Crippen LogP contribution in [0.5, 0.6) is 0 Å². The van der Waals surface area contributed by atoms with E-state index in [1.165, 1.54) is 0 Å². The molecular weight excluding hydrogens is 228 g/mol. The summed E-state index contributed by atoms with van der Waals surface area (Å²) < 4.78 is 1.05. The second-order valence-electron chi connectivity index (χ2n) is 2.68. The molecule has 0 fully saturated rings. The molecule has 1 rings (SSSR count). The number of hydrogen-bond acceptors (Lipinski definition) is 2. The quantitative estimate of drug-likeness (QED) is 0.481. The predicted octanol–water partition coefficient (Wildman–Crippen LogP) is 1.98. The van der Waals surface area contributed by atoms with E-state index in [9.17, 15) is 0 Å². The normalized spacial score (nSPS) is 12.1. The Morgan fingerprint density at radius 3 is 2.54 bits per heavy atom. The zero-order chi connectivity index (χ0) is 9.68. The number of hydrazine groups is 1. The summed E-state index contributed by atoms with van der Waals surface area (Å²) in [5.74, 6) is 7.95. The number of nitrogens with one attached hydrogen (secondary N) is 1. The van der Waals surface area contributed by atoms with Crippen molar-refractivity contribution < 1.29 is 0 Å². The van der Waals surface area contributed by atoms with Gasteiger partial charge in [0.1, 0.15) is 0 Å². The Hall–Kier alpha value is -0.820. The van der Waals surface area contributed by atoms with Crippen molar-refractivity contribution in [3.63, 3.8) is 0 Å². The molecule has 0 heterocycles. The molecule has 1 aromatic carbocycles. The number of hydrogen-bond donors (Lipinski definition) is 2. The maximum atomic E-state index is 5.37. The van der Waals surface area contributed by atoms with Gasteiger partial charge in [0.25, 0.3) is 0 Å². The minimum absolute atomic E-state index is 0.0399. The van der Waals surface area contributed by atoms with Crippen LogP contribution in [0.3, 0.4) is 0 Å². The zero-order valence-corrected chi connectivity index (χ0v) is 8.71. The molecule has 0 saturated carbocycles. The van der Waals surface area contributed by atoms with Crippen LogP contribution in [0, 0.1) is 12.3 Å². The van der Waals surface area contributed by atoms with E-state index < -0.39 is 0 Å². The van der Waals surface area contributed by atoms with Crippen molar-refractivity contribution >= 4 is 15.9 Å². The molecule has 0 amide bonds. The Morgan fingerprint density at radius 1 is 1.46 bits per heavy atom. The number of benzene rings is 1. The summed E-state index contributed by atoms with van der Waals surface area (Å²) in [4.78, 5) is 0. The van der Waals surface area contributed by atoms with Crippen molar-refractivity contribution in [3.05, 3.63) is 34.3 Å². The smallest absolute Gasteiger partial charge is 0.0569 e. The van der Waals surface area contributed by atoms with Crippen LogP contribution in [0.25, 0.3) is 0 Å². The largest absolute Gasteiger partial charge is 0.271 e. The standard InChI is InChI=1S/C10H11BrN2/c1-2-3-10(13-12)8-4-6-9(11)7-5-8/h1,4-7,10,13H,3,12H2. The third-order valence-electron chi connectivity index (χ3n) is 1.80. The fourth-order valence-corrected chi connectivity index (χ4v) is 1.35. The minimum atomic E-state index is 0.0399. The Labute approximate surface area is 86.6 Å². The van der Waals surface area contributed by atoms with Gasteiger partial charge in [0.15, 0.2) is 0 Å². The average Bonchev–Trinajstić information content (AvgIpc) is 2.16. The second-order valence-corrected chi connectivity index (χ2v) is 3.59. The third-order valence-corrected chi connectivity index (χ3v) is 2.32. The van der Waals surface area contributed by atoms with Gasteiger partial charge in [-0.25, -0.2) is 0 Å². The molecular formula is C10H11BrN2. The Morgan fingerprint density at radius 2 is 2.08 bits per heavy atom. The lowest BCUT2D eigenvalue weighted by Gasteiger charge is -2.12. The van der Waals surface area contributed by atoms with E-state index >= 15 is 0 Å². The molecule has 2 nitrogen and oxygen atoms in total. The highest BCUT2D eigenvalue weighted by Gasteiger charge is 2.06. The van der Waals surface area contributed by atoms with Crippen LogP contribution in [0.4, 0.5) is 0 Å². The second kappa shape index (κ2) is 5.03. The highest BCUT2D eigenvalue weighted by molar-refractivity contribution is 9.10. The summed E-state index contributed by atoms with van der Waals surface area (Å²) in [6.07, 6.45) is 5.81. The molecule has 0 bridgehead atoms. The van der Waals surface area contributed by atoms with Crippen molar-refractivity contribution in [2.45, 2.75) is 12.5 Å². The monoisotopic (exact) mass is 238 g/mol. The Balaban J connectivity index is 2.80. The molecule has 1 unspecified atom stereocenters. The molecule has 0 spiro atoms. The van der Waals surface area contributed by atoms with Crippen LogP contribution in [-0.4, -0.2) is 0 Å². The van der Waals surface area contributed by atoms with Crippen molar-refractivity contribution in [3.8, 4) is 12.3 Å². The molecule has 0 saturated heterocycles. The van der Waals surface area contributed by atoms with Crippen molar-refractivity contribution in [1.82, 2.24) is 5.43 Å². The van der Waals surface area contributed by atoms with E-state index in [-0.39, 0.29) is 6.04 Å². The number of rotatable bonds is 3. The predicted molar refractivity (Wildman–Crippen MR) is 57.7 cm³/mol. The first-order valence-electron chi connectivity index (χ1n) is 3.93. The van der Waals surface area contributed by atoms with E-state index in [4.69, 9.17) is 12.3 Å². The maximum Gasteiger partial charge on any atom is 0.0569 e. The highest BCUT2D eigenvalue weighted by Crippen LogP contribution is 2.18. The van der Waals surface area contributed by atoms with Crippen LogP contribution in [0.1, 0.15) is 18.0 Å². The molecule has 0 aromatic heterocycles. The topological polar surface area (TPSA) is 38.0 Å². The van der Waals surface area contributed by atoms with Gasteiger partial charge in [0, 0.05) is 10.9 Å². The summed E-state index contributed by atoms with van der Waals surface area (Å²) in [6.45, 7) is 0. The molecule has 1 aromatic rings. The summed E-state index contributed by atoms with van der Waals surface area (Å²) in [5.41, 5.74) is 3.78. The molecule has 3 heteroatoms. The van der Waals surface area contributed by atoms with E-state index in [2.05, 4.69) is 27.3 Å². The SMILES string of the molecule is C#CCC(NN)c1ccc(Br)cc1.